The summed E-state index contributed by atoms with van der Waals surface area (Å²) in [5.41, 5.74) is 13.3. The van der Waals surface area contributed by atoms with Crippen molar-refractivity contribution in [2.45, 2.75) is 75.9 Å². The third-order valence-electron chi connectivity index (χ3n) is 6.18. The predicted molar refractivity (Wildman–Crippen MR) is 112 cm³/mol. The summed E-state index contributed by atoms with van der Waals surface area (Å²) < 4.78 is 0. The normalized spacial score (nSPS) is 22.5. The zero-order chi connectivity index (χ0) is 19.6. The van der Waals surface area contributed by atoms with Crippen molar-refractivity contribution in [2.24, 2.45) is 21.5 Å². The molecule has 0 saturated heterocycles. The molecule has 1 spiro atoms. The van der Waals surface area contributed by atoms with Gasteiger partial charge in [0.15, 0.2) is 0 Å². The second kappa shape index (κ2) is 7.81. The molecule has 28 heavy (non-hydrogen) atoms. The topological polar surface area (TPSA) is 109 Å². The number of nitrogens with two attached hydrogens (primary N) is 2. The summed E-state index contributed by atoms with van der Waals surface area (Å²) >= 11 is 0. The van der Waals surface area contributed by atoms with E-state index in [1.807, 2.05) is 29.2 Å². The summed E-state index contributed by atoms with van der Waals surface area (Å²) in [4.78, 5) is 23.5. The highest BCUT2D eigenvalue weighted by Crippen LogP contribution is 2.39. The summed E-state index contributed by atoms with van der Waals surface area (Å²) in [5, 5.41) is 3.17. The van der Waals surface area contributed by atoms with Crippen LogP contribution in [-0.4, -0.2) is 29.5 Å². The molecule has 0 radical (unpaired) electrons. The van der Waals surface area contributed by atoms with Crippen molar-refractivity contribution < 1.29 is 4.79 Å². The number of nitrogens with one attached hydrogen (secondary N) is 1. The number of amides is 1. The highest BCUT2D eigenvalue weighted by atomic mass is 16.1. The summed E-state index contributed by atoms with van der Waals surface area (Å²) in [6.07, 6.45) is 11.0. The monoisotopic (exact) mass is 382 g/mol. The smallest absolute Gasteiger partial charge is 0.251 e. The first-order valence-corrected chi connectivity index (χ1v) is 10.5. The lowest BCUT2D eigenvalue weighted by molar-refractivity contribution is 0.0927. The molecule has 2 aliphatic carbocycles. The lowest BCUT2D eigenvalue weighted by atomic mass is 9.87. The van der Waals surface area contributed by atoms with Gasteiger partial charge in [0.25, 0.3) is 5.91 Å². The third-order valence-corrected chi connectivity index (χ3v) is 6.18. The molecule has 0 atom stereocenters. The molecule has 1 aromatic rings. The molecule has 1 amide bonds. The minimum absolute atomic E-state index is 0.00613. The Kier molecular flexibility index (Phi) is 5.24. The minimum atomic E-state index is -0.458. The van der Waals surface area contributed by atoms with Gasteiger partial charge in [0.2, 0.25) is 11.9 Å². The quantitative estimate of drug-likeness (QED) is 0.747. The number of carbonyl (C=O) groups excluding carboxylic acids is 1. The minimum Gasteiger partial charge on any atom is -0.369 e. The van der Waals surface area contributed by atoms with E-state index in [1.165, 1.54) is 25.7 Å². The maximum atomic E-state index is 12.6. The number of anilines is 1. The fourth-order valence-corrected chi connectivity index (χ4v) is 4.77. The second-order valence-electron chi connectivity index (χ2n) is 8.17. The van der Waals surface area contributed by atoms with E-state index < -0.39 is 5.66 Å². The van der Waals surface area contributed by atoms with Gasteiger partial charge in [0, 0.05) is 17.3 Å². The van der Waals surface area contributed by atoms with Gasteiger partial charge >= 0.3 is 0 Å². The van der Waals surface area contributed by atoms with Crippen LogP contribution in [0.5, 0.6) is 0 Å². The zero-order valence-electron chi connectivity index (χ0n) is 16.4. The van der Waals surface area contributed by atoms with E-state index in [1.54, 1.807) is 0 Å². The van der Waals surface area contributed by atoms with Gasteiger partial charge in [0.1, 0.15) is 5.66 Å². The number of hydrogen-bond acceptors (Lipinski definition) is 6. The Labute approximate surface area is 166 Å². The van der Waals surface area contributed by atoms with E-state index >= 15 is 0 Å². The molecule has 7 heteroatoms. The van der Waals surface area contributed by atoms with Gasteiger partial charge in [-0.15, -0.1) is 0 Å². The number of benzene rings is 1. The maximum Gasteiger partial charge on any atom is 0.251 e. The number of guanidine groups is 2. The molecule has 4 rings (SSSR count). The van der Waals surface area contributed by atoms with E-state index in [2.05, 4.69) is 15.3 Å². The van der Waals surface area contributed by atoms with Gasteiger partial charge in [-0.2, -0.15) is 4.99 Å². The van der Waals surface area contributed by atoms with Gasteiger partial charge in [-0.3, -0.25) is 9.69 Å². The van der Waals surface area contributed by atoms with Crippen LogP contribution >= 0.6 is 0 Å². The molecule has 5 N–H and O–H groups in total. The first-order valence-electron chi connectivity index (χ1n) is 10.5. The Morgan fingerprint density at radius 3 is 2.32 bits per heavy atom. The molecule has 1 aromatic carbocycles. The SMILES string of the molecule is NC1=NC2(CCCCC2)N(c2ccc(C(=O)NC3CCCCC3)cc2)C(N)=N1. The first kappa shape index (κ1) is 18.8. The van der Waals surface area contributed by atoms with Gasteiger partial charge in [-0.05, 0) is 62.8 Å². The van der Waals surface area contributed by atoms with Gasteiger partial charge in [0.05, 0.1) is 0 Å². The number of carbonyl (C=O) groups is 1. The van der Waals surface area contributed by atoms with E-state index in [0.29, 0.717) is 17.6 Å². The van der Waals surface area contributed by atoms with Crippen LogP contribution in [0.25, 0.3) is 0 Å². The summed E-state index contributed by atoms with van der Waals surface area (Å²) in [5.74, 6) is 0.612. The van der Waals surface area contributed by atoms with Crippen LogP contribution in [-0.2, 0) is 0 Å². The second-order valence-corrected chi connectivity index (χ2v) is 8.17. The molecule has 0 bridgehead atoms. The Balaban J connectivity index is 1.53. The summed E-state index contributed by atoms with van der Waals surface area (Å²) in [6, 6.07) is 7.89. The van der Waals surface area contributed by atoms with Crippen molar-refractivity contribution in [3.63, 3.8) is 0 Å². The average Bonchev–Trinajstić information content (AvgIpc) is 2.69. The Morgan fingerprint density at radius 2 is 1.64 bits per heavy atom. The van der Waals surface area contributed by atoms with E-state index in [4.69, 9.17) is 11.5 Å². The molecule has 0 aromatic heterocycles. The lowest BCUT2D eigenvalue weighted by Crippen LogP contribution is -2.58. The molecule has 2 saturated carbocycles. The molecule has 2 fully saturated rings. The number of rotatable bonds is 3. The van der Waals surface area contributed by atoms with Crippen LogP contribution in [0.15, 0.2) is 34.3 Å². The van der Waals surface area contributed by atoms with Crippen LogP contribution in [0.2, 0.25) is 0 Å². The summed E-state index contributed by atoms with van der Waals surface area (Å²) in [6.45, 7) is 0. The molecule has 7 nitrogen and oxygen atoms in total. The largest absolute Gasteiger partial charge is 0.369 e. The van der Waals surface area contributed by atoms with E-state index in [9.17, 15) is 4.79 Å². The highest BCUT2D eigenvalue weighted by Gasteiger charge is 2.42. The fourth-order valence-electron chi connectivity index (χ4n) is 4.77. The number of hydrogen-bond donors (Lipinski definition) is 3. The van der Waals surface area contributed by atoms with Crippen LogP contribution in [0, 0.1) is 0 Å². The highest BCUT2D eigenvalue weighted by molar-refractivity contribution is 6.06. The Bertz CT molecular complexity index is 773. The third kappa shape index (κ3) is 3.70. The standard InChI is InChI=1S/C21H30N6O/c22-19-25-20(23)27(21(26-19)13-5-2-6-14-21)17-11-9-15(10-12-17)18(28)24-16-7-3-1-4-8-16/h9-12,16H,1-8,13-14H2,(H,24,28)(H4,22,23,25,26). The lowest BCUT2D eigenvalue weighted by Gasteiger charge is -2.45. The van der Waals surface area contributed by atoms with E-state index in [-0.39, 0.29) is 11.9 Å². The van der Waals surface area contributed by atoms with Crippen LogP contribution < -0.4 is 21.7 Å². The van der Waals surface area contributed by atoms with Crippen molar-refractivity contribution in [1.82, 2.24) is 5.32 Å². The molecule has 1 heterocycles. The number of nitrogens with zero attached hydrogens (tertiary/aromatic N) is 3. The van der Waals surface area contributed by atoms with Crippen molar-refractivity contribution in [3.8, 4) is 0 Å². The molecular formula is C21H30N6O. The molecular weight excluding hydrogens is 352 g/mol. The van der Waals surface area contributed by atoms with Crippen molar-refractivity contribution >= 4 is 23.5 Å². The van der Waals surface area contributed by atoms with Crippen molar-refractivity contribution in [2.75, 3.05) is 4.90 Å². The van der Waals surface area contributed by atoms with Crippen molar-refractivity contribution in [1.29, 1.82) is 0 Å². The van der Waals surface area contributed by atoms with Gasteiger partial charge in [-0.1, -0.05) is 25.7 Å². The number of aliphatic imine (C=N–C) groups is 2. The zero-order valence-corrected chi connectivity index (χ0v) is 16.4. The Morgan fingerprint density at radius 1 is 1.00 bits per heavy atom. The van der Waals surface area contributed by atoms with Gasteiger partial charge < -0.3 is 16.8 Å². The van der Waals surface area contributed by atoms with Crippen LogP contribution in [0.1, 0.15) is 74.6 Å². The van der Waals surface area contributed by atoms with Crippen LogP contribution in [0.3, 0.4) is 0 Å². The maximum absolute atomic E-state index is 12.6. The van der Waals surface area contributed by atoms with Gasteiger partial charge in [-0.25, -0.2) is 4.99 Å². The molecule has 3 aliphatic rings. The first-order chi connectivity index (χ1) is 13.6. The molecule has 0 unspecified atom stereocenters. The van der Waals surface area contributed by atoms with Crippen LogP contribution in [0.4, 0.5) is 5.69 Å². The predicted octanol–water partition coefficient (Wildman–Crippen LogP) is 2.86. The summed E-state index contributed by atoms with van der Waals surface area (Å²) in [7, 11) is 0. The molecule has 150 valence electrons. The van der Waals surface area contributed by atoms with E-state index in [0.717, 1.165) is 44.2 Å². The van der Waals surface area contributed by atoms with Crippen molar-refractivity contribution in [3.05, 3.63) is 29.8 Å². The molecule has 1 aliphatic heterocycles. The average molecular weight is 383 g/mol. The fraction of sp³-hybridized carbons (Fsp3) is 0.571. The Hall–Kier alpha value is -2.57.